The van der Waals surface area contributed by atoms with Gasteiger partial charge in [0, 0.05) is 0 Å². The van der Waals surface area contributed by atoms with Gasteiger partial charge >= 0.3 is 120 Å². The normalized spacial score (nSPS) is 26.9. The third-order valence-corrected chi connectivity index (χ3v) is 9.10. The van der Waals surface area contributed by atoms with Crippen molar-refractivity contribution in [2.45, 2.75) is 39.7 Å². The number of hydrogen-bond donors (Lipinski definition) is 3. The molecule has 1 aliphatic heterocycles. The SMILES string of the molecule is [CH3][Sn]([CH3])([CH3])[c]1cn([C@H]2C[C@H](O)[C@@H](CO)O2)c(=O)[nH]c1=O. The van der Waals surface area contributed by atoms with E-state index in [9.17, 15) is 14.7 Å². The second-order valence-electron chi connectivity index (χ2n) is 6.07. The first-order chi connectivity index (χ1) is 9.24. The van der Waals surface area contributed by atoms with Gasteiger partial charge in [-0.25, -0.2) is 0 Å². The molecule has 3 N–H and O–H groups in total. The molecule has 0 bridgehead atoms. The minimum atomic E-state index is -2.65. The van der Waals surface area contributed by atoms with Gasteiger partial charge in [0.25, 0.3) is 0 Å². The van der Waals surface area contributed by atoms with Crippen molar-refractivity contribution in [3.8, 4) is 0 Å². The molecular formula is C12H20N2O5Sn. The van der Waals surface area contributed by atoms with E-state index in [1.807, 2.05) is 0 Å². The van der Waals surface area contributed by atoms with Crippen LogP contribution in [0.15, 0.2) is 15.8 Å². The molecule has 3 atom stereocenters. The number of ether oxygens (including phenoxy) is 1. The van der Waals surface area contributed by atoms with Gasteiger partial charge < -0.3 is 0 Å². The fourth-order valence-electron chi connectivity index (χ4n) is 2.28. The second-order valence-corrected chi connectivity index (χ2v) is 20.5. The Hall–Kier alpha value is -0.641. The molecule has 0 aromatic carbocycles. The molecule has 1 aromatic heterocycles. The van der Waals surface area contributed by atoms with E-state index in [0.717, 1.165) is 0 Å². The number of aromatic amines is 1. The number of nitrogens with zero attached hydrogens (tertiary/aromatic N) is 1. The summed E-state index contributed by atoms with van der Waals surface area (Å²) in [7, 11) is 0. The minimum absolute atomic E-state index is 0.219. The third kappa shape index (κ3) is 3.00. The average Bonchev–Trinajstić information content (AvgIpc) is 2.68. The Labute approximate surface area is 120 Å². The van der Waals surface area contributed by atoms with Crippen molar-refractivity contribution in [2.24, 2.45) is 0 Å². The van der Waals surface area contributed by atoms with Gasteiger partial charge in [0.2, 0.25) is 0 Å². The van der Waals surface area contributed by atoms with E-state index in [0.29, 0.717) is 3.58 Å². The molecule has 0 spiro atoms. The zero-order valence-electron chi connectivity index (χ0n) is 11.8. The van der Waals surface area contributed by atoms with Gasteiger partial charge in [-0.15, -0.1) is 0 Å². The van der Waals surface area contributed by atoms with Crippen LogP contribution < -0.4 is 14.8 Å². The van der Waals surface area contributed by atoms with E-state index >= 15 is 0 Å². The van der Waals surface area contributed by atoms with Crippen LogP contribution in [-0.4, -0.2) is 57.0 Å². The number of H-pyrrole nitrogens is 1. The topological polar surface area (TPSA) is 105 Å². The van der Waals surface area contributed by atoms with E-state index in [-0.39, 0.29) is 18.6 Å². The fraction of sp³-hybridized carbons (Fsp3) is 0.667. The number of hydrogen-bond acceptors (Lipinski definition) is 5. The Kier molecular flexibility index (Phi) is 4.43. The summed E-state index contributed by atoms with van der Waals surface area (Å²) in [5, 5.41) is 18.8. The van der Waals surface area contributed by atoms with Gasteiger partial charge in [-0.3, -0.25) is 0 Å². The molecule has 7 nitrogen and oxygen atoms in total. The van der Waals surface area contributed by atoms with Crippen LogP contribution >= 0.6 is 0 Å². The zero-order chi connectivity index (χ0) is 15.1. The quantitative estimate of drug-likeness (QED) is 0.558. The summed E-state index contributed by atoms with van der Waals surface area (Å²) in [5.74, 6) is 0. The molecule has 0 aliphatic carbocycles. The monoisotopic (exact) mass is 392 g/mol. The number of rotatable bonds is 3. The Morgan fingerprint density at radius 2 is 2.10 bits per heavy atom. The van der Waals surface area contributed by atoms with Crippen molar-refractivity contribution in [3.05, 3.63) is 27.0 Å². The first-order valence-electron chi connectivity index (χ1n) is 6.54. The van der Waals surface area contributed by atoms with E-state index < -0.39 is 42.5 Å². The predicted molar refractivity (Wildman–Crippen MR) is 75.9 cm³/mol. The van der Waals surface area contributed by atoms with Crippen LogP contribution in [0, 0.1) is 0 Å². The first kappa shape index (κ1) is 15.7. The van der Waals surface area contributed by atoms with Gasteiger partial charge in [-0.2, -0.15) is 0 Å². The van der Waals surface area contributed by atoms with Crippen molar-refractivity contribution in [1.82, 2.24) is 9.55 Å². The van der Waals surface area contributed by atoms with Crippen molar-refractivity contribution in [1.29, 1.82) is 0 Å². The third-order valence-electron chi connectivity index (χ3n) is 3.47. The van der Waals surface area contributed by atoms with Crippen LogP contribution in [-0.2, 0) is 4.74 Å². The van der Waals surface area contributed by atoms with E-state index in [1.54, 1.807) is 6.20 Å². The van der Waals surface area contributed by atoms with E-state index in [2.05, 4.69) is 19.8 Å². The molecule has 2 heterocycles. The molecular weight excluding hydrogens is 371 g/mol. The summed E-state index contributed by atoms with van der Waals surface area (Å²) >= 11 is -2.65. The molecule has 1 aromatic rings. The summed E-state index contributed by atoms with van der Waals surface area (Å²) < 4.78 is 7.45. The van der Waals surface area contributed by atoms with Gasteiger partial charge in [0.15, 0.2) is 0 Å². The van der Waals surface area contributed by atoms with Crippen molar-refractivity contribution in [2.75, 3.05) is 6.61 Å². The van der Waals surface area contributed by atoms with Crippen LogP contribution in [0.5, 0.6) is 0 Å². The van der Waals surface area contributed by atoms with Gasteiger partial charge in [0.1, 0.15) is 0 Å². The van der Waals surface area contributed by atoms with E-state index in [1.165, 1.54) is 4.57 Å². The molecule has 1 aliphatic rings. The molecule has 0 unspecified atom stereocenters. The molecule has 0 saturated carbocycles. The maximum atomic E-state index is 11.9. The summed E-state index contributed by atoms with van der Waals surface area (Å²) in [6, 6.07) is 0. The molecule has 0 radical (unpaired) electrons. The molecule has 1 fully saturated rings. The van der Waals surface area contributed by atoms with Gasteiger partial charge in [-0.1, -0.05) is 0 Å². The Bertz CT molecular complexity index is 603. The van der Waals surface area contributed by atoms with Gasteiger partial charge in [0.05, 0.1) is 0 Å². The predicted octanol–water partition coefficient (Wildman–Crippen LogP) is -1.28. The van der Waals surface area contributed by atoms with E-state index in [4.69, 9.17) is 9.84 Å². The molecule has 20 heavy (non-hydrogen) atoms. The average molecular weight is 391 g/mol. The molecule has 2 rings (SSSR count). The van der Waals surface area contributed by atoms with Crippen LogP contribution in [0.2, 0.25) is 14.8 Å². The van der Waals surface area contributed by atoms with Crippen molar-refractivity contribution < 1.29 is 14.9 Å². The molecule has 8 heteroatoms. The summed E-state index contributed by atoms with van der Waals surface area (Å²) in [5.41, 5.74) is -0.878. The number of aliphatic hydroxyl groups excluding tert-OH is 2. The molecule has 112 valence electrons. The Balaban J connectivity index is 2.43. The van der Waals surface area contributed by atoms with Gasteiger partial charge in [-0.05, 0) is 0 Å². The van der Waals surface area contributed by atoms with Crippen LogP contribution in [0.4, 0.5) is 0 Å². The molecule has 0 amide bonds. The second kappa shape index (κ2) is 5.63. The maximum absolute atomic E-state index is 11.9. The summed E-state index contributed by atoms with van der Waals surface area (Å²) in [4.78, 5) is 32.4. The van der Waals surface area contributed by atoms with Crippen LogP contribution in [0.1, 0.15) is 12.6 Å². The number of aliphatic hydroxyl groups is 2. The molecule has 1 saturated heterocycles. The summed E-state index contributed by atoms with van der Waals surface area (Å²) in [6.45, 7) is -0.304. The fourth-order valence-corrected chi connectivity index (χ4v) is 5.91. The Morgan fingerprint density at radius 1 is 1.45 bits per heavy atom. The standard InChI is InChI=1S/C9H11N2O5.3CH3.Sn/c12-4-6-5(13)3-8(16-6)11-2-1-7(14)10-9(11)15;;;;/h2,5-6,8,12-13H,3-4H2,(H,10,14,15);3*1H3;/t5-,6+,8+;;;;/m0..../s1. The number of nitrogens with one attached hydrogen (secondary N) is 1. The first-order valence-corrected chi connectivity index (χ1v) is 16.5. The van der Waals surface area contributed by atoms with Crippen molar-refractivity contribution in [3.63, 3.8) is 0 Å². The zero-order valence-corrected chi connectivity index (χ0v) is 14.6. The van der Waals surface area contributed by atoms with Crippen molar-refractivity contribution >= 4 is 22.0 Å². The summed E-state index contributed by atoms with van der Waals surface area (Å²) in [6.07, 6.45) is -0.380. The Morgan fingerprint density at radius 3 is 2.60 bits per heavy atom. The van der Waals surface area contributed by atoms with Crippen LogP contribution in [0.25, 0.3) is 0 Å². The number of aromatic nitrogens is 2. The van der Waals surface area contributed by atoms with Crippen LogP contribution in [0.3, 0.4) is 0 Å².